The van der Waals surface area contributed by atoms with Crippen LogP contribution in [-0.4, -0.2) is 12.6 Å². The van der Waals surface area contributed by atoms with Crippen molar-refractivity contribution in [3.05, 3.63) is 40.2 Å². The van der Waals surface area contributed by atoms with E-state index in [0.29, 0.717) is 0 Å². The van der Waals surface area contributed by atoms with Crippen LogP contribution >= 0.6 is 11.6 Å². The summed E-state index contributed by atoms with van der Waals surface area (Å²) >= 11 is 5.75. The second-order valence-corrected chi connectivity index (χ2v) is 2.88. The molecule has 0 aliphatic carbocycles. The molecule has 1 aromatic carbocycles. The molecular weight excluding hydrogens is 202 g/mol. The van der Waals surface area contributed by atoms with E-state index in [1.54, 1.807) is 19.1 Å². The molecule has 0 aromatic heterocycles. The fraction of sp³-hybridized carbons (Fsp3) is 0.200. The molecule has 0 N–H and O–H groups in total. The Morgan fingerprint density at radius 2 is 2.36 bits per heavy atom. The van der Waals surface area contributed by atoms with Crippen LogP contribution < -0.4 is 0 Å². The Balaban J connectivity index is 3.15. The van der Waals surface area contributed by atoms with Gasteiger partial charge >= 0.3 is 5.97 Å². The Morgan fingerprint density at radius 1 is 1.64 bits per heavy atom. The molecule has 0 saturated heterocycles. The van der Waals surface area contributed by atoms with Gasteiger partial charge in [-0.1, -0.05) is 29.8 Å². The van der Waals surface area contributed by atoms with Gasteiger partial charge in [-0.05, 0) is 6.92 Å². The lowest BCUT2D eigenvalue weighted by Gasteiger charge is -2.04. The molecule has 0 saturated carbocycles. The second kappa shape index (κ2) is 4.64. The van der Waals surface area contributed by atoms with Crippen molar-refractivity contribution in [2.24, 2.45) is 0 Å². The summed E-state index contributed by atoms with van der Waals surface area (Å²) in [6.07, 6.45) is 0. The van der Waals surface area contributed by atoms with Crippen LogP contribution in [0, 0.1) is 6.57 Å². The number of benzene rings is 1. The summed E-state index contributed by atoms with van der Waals surface area (Å²) in [4.78, 5) is 14.5. The first-order valence-corrected chi connectivity index (χ1v) is 4.41. The molecule has 1 aromatic rings. The van der Waals surface area contributed by atoms with Gasteiger partial charge in [0.05, 0.1) is 18.7 Å². The molecule has 0 spiro atoms. The summed E-state index contributed by atoms with van der Waals surface area (Å²) in [6, 6.07) is 4.71. The third-order valence-corrected chi connectivity index (χ3v) is 1.90. The van der Waals surface area contributed by atoms with Gasteiger partial charge in [-0.3, -0.25) is 0 Å². The number of carbonyl (C=O) groups excluding carboxylic acids is 1. The Labute approximate surface area is 87.1 Å². The summed E-state index contributed by atoms with van der Waals surface area (Å²) in [6.45, 7) is 8.87. The van der Waals surface area contributed by atoms with Crippen molar-refractivity contribution in [2.45, 2.75) is 6.92 Å². The number of nitrogens with zero attached hydrogens (tertiary/aromatic N) is 1. The Hall–Kier alpha value is -1.53. The number of carbonyl (C=O) groups is 1. The quantitative estimate of drug-likeness (QED) is 0.554. The minimum absolute atomic E-state index is 0.146. The monoisotopic (exact) mass is 209 g/mol. The first kappa shape index (κ1) is 10.6. The van der Waals surface area contributed by atoms with Crippen LogP contribution in [-0.2, 0) is 4.74 Å². The number of ether oxygens (including phenoxy) is 1. The third-order valence-electron chi connectivity index (χ3n) is 1.59. The molecule has 0 atom stereocenters. The van der Waals surface area contributed by atoms with Crippen molar-refractivity contribution >= 4 is 23.3 Å². The number of halogens is 1. The van der Waals surface area contributed by atoms with Crippen molar-refractivity contribution in [3.8, 4) is 0 Å². The van der Waals surface area contributed by atoms with E-state index < -0.39 is 5.97 Å². The molecule has 0 bridgehead atoms. The molecule has 4 heteroatoms. The van der Waals surface area contributed by atoms with E-state index in [2.05, 4.69) is 4.85 Å². The summed E-state index contributed by atoms with van der Waals surface area (Å²) in [5.74, 6) is -0.513. The van der Waals surface area contributed by atoms with Gasteiger partial charge in [0, 0.05) is 5.02 Å². The molecular formula is C10H8ClNO2. The van der Waals surface area contributed by atoms with Crippen molar-refractivity contribution in [3.63, 3.8) is 0 Å². The van der Waals surface area contributed by atoms with E-state index in [9.17, 15) is 4.79 Å². The SMILES string of the molecule is [C-]#[N+]c1c(Cl)cccc1C(=O)OCC. The predicted molar refractivity (Wildman–Crippen MR) is 53.7 cm³/mol. The van der Waals surface area contributed by atoms with E-state index in [-0.39, 0.29) is 22.9 Å². The highest BCUT2D eigenvalue weighted by Crippen LogP contribution is 2.29. The minimum atomic E-state index is -0.513. The van der Waals surface area contributed by atoms with E-state index in [0.717, 1.165) is 0 Å². The topological polar surface area (TPSA) is 30.7 Å². The maximum atomic E-state index is 11.4. The average Bonchev–Trinajstić information content (AvgIpc) is 2.17. The summed E-state index contributed by atoms with van der Waals surface area (Å²) in [5, 5.41) is 0.269. The maximum absolute atomic E-state index is 11.4. The molecule has 72 valence electrons. The van der Waals surface area contributed by atoms with Gasteiger partial charge in [0.15, 0.2) is 0 Å². The molecule has 0 amide bonds. The van der Waals surface area contributed by atoms with Crippen LogP contribution in [0.15, 0.2) is 18.2 Å². The van der Waals surface area contributed by atoms with Crippen molar-refractivity contribution < 1.29 is 9.53 Å². The highest BCUT2D eigenvalue weighted by Gasteiger charge is 2.14. The molecule has 14 heavy (non-hydrogen) atoms. The van der Waals surface area contributed by atoms with Crippen LogP contribution in [0.25, 0.3) is 4.85 Å². The van der Waals surface area contributed by atoms with Gasteiger partial charge in [-0.25, -0.2) is 9.64 Å². The second-order valence-electron chi connectivity index (χ2n) is 2.47. The molecule has 3 nitrogen and oxygen atoms in total. The lowest BCUT2D eigenvalue weighted by atomic mass is 10.2. The van der Waals surface area contributed by atoms with Gasteiger partial charge in [-0.2, -0.15) is 0 Å². The van der Waals surface area contributed by atoms with Gasteiger partial charge in [-0.15, -0.1) is 0 Å². The predicted octanol–water partition coefficient (Wildman–Crippen LogP) is 3.07. The van der Waals surface area contributed by atoms with E-state index in [4.69, 9.17) is 22.9 Å². The van der Waals surface area contributed by atoms with Crippen molar-refractivity contribution in [1.29, 1.82) is 0 Å². The molecule has 0 aliphatic heterocycles. The number of para-hydroxylation sites is 1. The van der Waals surface area contributed by atoms with Gasteiger partial charge < -0.3 is 4.74 Å². The van der Waals surface area contributed by atoms with Crippen molar-refractivity contribution in [2.75, 3.05) is 6.61 Å². The van der Waals surface area contributed by atoms with Crippen LogP contribution in [0.4, 0.5) is 5.69 Å². The molecule has 0 heterocycles. The molecule has 0 unspecified atom stereocenters. The number of esters is 1. The molecule has 1 rings (SSSR count). The number of hydrogen-bond acceptors (Lipinski definition) is 2. The van der Waals surface area contributed by atoms with Gasteiger partial charge in [0.25, 0.3) is 0 Å². The van der Waals surface area contributed by atoms with E-state index in [1.165, 1.54) is 6.07 Å². The summed E-state index contributed by atoms with van der Waals surface area (Å²) in [7, 11) is 0. The zero-order valence-corrected chi connectivity index (χ0v) is 8.34. The lowest BCUT2D eigenvalue weighted by molar-refractivity contribution is 0.0527. The first-order chi connectivity index (χ1) is 6.70. The lowest BCUT2D eigenvalue weighted by Crippen LogP contribution is -2.04. The smallest absolute Gasteiger partial charge is 0.327 e. The zero-order chi connectivity index (χ0) is 10.6. The standard InChI is InChI=1S/C10H8ClNO2/c1-3-14-10(13)7-5-4-6-8(11)9(7)12-2/h4-6H,3H2,1H3. The molecule has 0 fully saturated rings. The first-order valence-electron chi connectivity index (χ1n) is 4.03. The number of hydrogen-bond donors (Lipinski definition) is 0. The minimum Gasteiger partial charge on any atom is -0.463 e. The van der Waals surface area contributed by atoms with Crippen LogP contribution in [0.2, 0.25) is 5.02 Å². The zero-order valence-electron chi connectivity index (χ0n) is 7.58. The van der Waals surface area contributed by atoms with Crippen molar-refractivity contribution in [1.82, 2.24) is 0 Å². The van der Waals surface area contributed by atoms with Crippen LogP contribution in [0.1, 0.15) is 17.3 Å². The maximum Gasteiger partial charge on any atom is 0.327 e. The van der Waals surface area contributed by atoms with E-state index >= 15 is 0 Å². The van der Waals surface area contributed by atoms with Gasteiger partial charge in [0.1, 0.15) is 0 Å². The third kappa shape index (κ3) is 2.04. The van der Waals surface area contributed by atoms with Crippen LogP contribution in [0.5, 0.6) is 0 Å². The summed E-state index contributed by atoms with van der Waals surface area (Å²) in [5.41, 5.74) is 0.363. The molecule has 0 radical (unpaired) electrons. The van der Waals surface area contributed by atoms with E-state index in [1.807, 2.05) is 0 Å². The number of rotatable bonds is 2. The molecule has 0 aliphatic rings. The highest BCUT2D eigenvalue weighted by molar-refractivity contribution is 6.34. The fourth-order valence-corrected chi connectivity index (χ4v) is 1.22. The normalized spacial score (nSPS) is 9.21. The van der Waals surface area contributed by atoms with Gasteiger partial charge in [0.2, 0.25) is 5.69 Å². The largest absolute Gasteiger partial charge is 0.463 e. The fourth-order valence-electron chi connectivity index (χ4n) is 1.00. The highest BCUT2D eigenvalue weighted by atomic mass is 35.5. The Morgan fingerprint density at radius 3 is 2.93 bits per heavy atom. The van der Waals surface area contributed by atoms with Crippen LogP contribution in [0.3, 0.4) is 0 Å². The Bertz CT molecular complexity index is 396. The summed E-state index contributed by atoms with van der Waals surface area (Å²) < 4.78 is 4.78. The average molecular weight is 210 g/mol. The Kier molecular flexibility index (Phi) is 3.49.